The van der Waals surface area contributed by atoms with Crippen molar-refractivity contribution >= 4 is 17.6 Å². The van der Waals surface area contributed by atoms with Gasteiger partial charge in [0.1, 0.15) is 0 Å². The Morgan fingerprint density at radius 2 is 2.26 bits per heavy atom. The minimum Gasteiger partial charge on any atom is -0.481 e. The van der Waals surface area contributed by atoms with Crippen molar-refractivity contribution in [2.24, 2.45) is 11.3 Å². The lowest BCUT2D eigenvalue weighted by molar-refractivity contribution is -0.148. The van der Waals surface area contributed by atoms with Gasteiger partial charge < -0.3 is 5.11 Å². The highest BCUT2D eigenvalue weighted by molar-refractivity contribution is 6.31. The lowest BCUT2D eigenvalue weighted by atomic mass is 9.79. The van der Waals surface area contributed by atoms with Gasteiger partial charge in [0.15, 0.2) is 0 Å². The Morgan fingerprint density at radius 1 is 1.53 bits per heavy atom. The number of halogens is 1. The van der Waals surface area contributed by atoms with E-state index >= 15 is 0 Å². The highest BCUT2D eigenvalue weighted by atomic mass is 35.5. The van der Waals surface area contributed by atoms with Gasteiger partial charge in [-0.05, 0) is 55.7 Å². The molecule has 1 aliphatic carbocycles. The van der Waals surface area contributed by atoms with Crippen LogP contribution in [-0.4, -0.2) is 11.1 Å². The fourth-order valence-electron chi connectivity index (χ4n) is 3.18. The standard InChI is InChI=1S/C16H21ClO2/c1-3-12-6-7-16(9-12,15(18)19)10-13-5-4-11(2)8-14(13)17/h4-5,8,12H,3,6-7,9-10H2,1-2H3,(H,18,19). The summed E-state index contributed by atoms with van der Waals surface area (Å²) in [6.45, 7) is 4.13. The maximum atomic E-state index is 11.7. The van der Waals surface area contributed by atoms with E-state index in [1.165, 1.54) is 0 Å². The summed E-state index contributed by atoms with van der Waals surface area (Å²) in [6, 6.07) is 5.89. The predicted octanol–water partition coefficient (Wildman–Crippen LogP) is 4.47. The van der Waals surface area contributed by atoms with Crippen LogP contribution < -0.4 is 0 Å². The molecule has 2 rings (SSSR count). The molecule has 1 aliphatic rings. The first-order valence-corrected chi connectivity index (χ1v) is 7.33. The molecule has 0 saturated heterocycles. The van der Waals surface area contributed by atoms with Gasteiger partial charge in [-0.2, -0.15) is 0 Å². The molecule has 0 spiro atoms. The third kappa shape index (κ3) is 2.94. The summed E-state index contributed by atoms with van der Waals surface area (Å²) in [4.78, 5) is 11.7. The van der Waals surface area contributed by atoms with Gasteiger partial charge in [0.2, 0.25) is 0 Å². The summed E-state index contributed by atoms with van der Waals surface area (Å²) in [7, 11) is 0. The van der Waals surface area contributed by atoms with Crippen LogP contribution in [0.5, 0.6) is 0 Å². The number of hydrogen-bond donors (Lipinski definition) is 1. The van der Waals surface area contributed by atoms with E-state index in [-0.39, 0.29) is 0 Å². The number of rotatable bonds is 4. The second-order valence-corrected chi connectivity index (χ2v) is 6.28. The molecule has 2 atom stereocenters. The topological polar surface area (TPSA) is 37.3 Å². The maximum Gasteiger partial charge on any atom is 0.309 e. The van der Waals surface area contributed by atoms with Crippen molar-refractivity contribution < 1.29 is 9.90 Å². The minimum atomic E-state index is -0.667. The van der Waals surface area contributed by atoms with Crippen molar-refractivity contribution in [3.63, 3.8) is 0 Å². The number of carboxylic acid groups (broad SMARTS) is 1. The zero-order valence-electron chi connectivity index (χ0n) is 11.6. The fraction of sp³-hybridized carbons (Fsp3) is 0.562. The Morgan fingerprint density at radius 3 is 2.79 bits per heavy atom. The normalized spacial score (nSPS) is 26.6. The second kappa shape index (κ2) is 5.54. The van der Waals surface area contributed by atoms with Gasteiger partial charge in [-0.3, -0.25) is 4.79 Å². The quantitative estimate of drug-likeness (QED) is 0.883. The monoisotopic (exact) mass is 280 g/mol. The van der Waals surface area contributed by atoms with Crippen LogP contribution in [0.4, 0.5) is 0 Å². The second-order valence-electron chi connectivity index (χ2n) is 5.87. The molecule has 1 aromatic carbocycles. The summed E-state index contributed by atoms with van der Waals surface area (Å²) in [6.07, 6.45) is 4.19. The van der Waals surface area contributed by atoms with Crippen LogP contribution in [0.3, 0.4) is 0 Å². The molecule has 3 heteroatoms. The van der Waals surface area contributed by atoms with Crippen molar-refractivity contribution in [2.45, 2.75) is 46.0 Å². The van der Waals surface area contributed by atoms with Gasteiger partial charge in [-0.15, -0.1) is 0 Å². The number of carbonyl (C=O) groups is 1. The fourth-order valence-corrected chi connectivity index (χ4v) is 3.48. The predicted molar refractivity (Wildman–Crippen MR) is 77.6 cm³/mol. The molecule has 0 amide bonds. The molecule has 1 saturated carbocycles. The average molecular weight is 281 g/mol. The van der Waals surface area contributed by atoms with Gasteiger partial charge in [-0.25, -0.2) is 0 Å². The highest BCUT2D eigenvalue weighted by Crippen LogP contribution is 2.46. The van der Waals surface area contributed by atoms with Crippen molar-refractivity contribution in [2.75, 3.05) is 0 Å². The first-order valence-electron chi connectivity index (χ1n) is 6.95. The van der Waals surface area contributed by atoms with E-state index in [2.05, 4.69) is 6.92 Å². The lowest BCUT2D eigenvalue weighted by Crippen LogP contribution is -2.31. The molecule has 0 aliphatic heterocycles. The molecule has 19 heavy (non-hydrogen) atoms. The molecule has 104 valence electrons. The largest absolute Gasteiger partial charge is 0.481 e. The molecule has 1 N–H and O–H groups in total. The van der Waals surface area contributed by atoms with Crippen LogP contribution >= 0.6 is 11.6 Å². The van der Waals surface area contributed by atoms with Gasteiger partial charge in [0, 0.05) is 5.02 Å². The van der Waals surface area contributed by atoms with Crippen LogP contribution in [0.2, 0.25) is 5.02 Å². The Bertz CT molecular complexity index is 484. The number of benzene rings is 1. The average Bonchev–Trinajstić information content (AvgIpc) is 2.78. The third-order valence-electron chi connectivity index (χ3n) is 4.48. The maximum absolute atomic E-state index is 11.7. The van der Waals surface area contributed by atoms with Crippen molar-refractivity contribution in [3.8, 4) is 0 Å². The summed E-state index contributed by atoms with van der Waals surface area (Å²) in [5.74, 6) is -0.125. The van der Waals surface area contributed by atoms with Crippen LogP contribution in [0.15, 0.2) is 18.2 Å². The van der Waals surface area contributed by atoms with E-state index in [0.717, 1.165) is 36.8 Å². The van der Waals surface area contributed by atoms with E-state index < -0.39 is 11.4 Å². The summed E-state index contributed by atoms with van der Waals surface area (Å²) < 4.78 is 0. The summed E-state index contributed by atoms with van der Waals surface area (Å²) in [5, 5.41) is 10.3. The molecule has 1 fully saturated rings. The van der Waals surface area contributed by atoms with Crippen molar-refractivity contribution in [1.82, 2.24) is 0 Å². The molecule has 1 aromatic rings. The Hall–Kier alpha value is -1.02. The smallest absolute Gasteiger partial charge is 0.309 e. The van der Waals surface area contributed by atoms with Crippen LogP contribution in [0, 0.1) is 18.3 Å². The van der Waals surface area contributed by atoms with Crippen LogP contribution in [-0.2, 0) is 11.2 Å². The van der Waals surface area contributed by atoms with E-state index in [0.29, 0.717) is 17.4 Å². The summed E-state index contributed by atoms with van der Waals surface area (Å²) >= 11 is 6.25. The first-order chi connectivity index (χ1) is 8.97. The Balaban J connectivity index is 2.25. The molecule has 0 aromatic heterocycles. The van der Waals surface area contributed by atoms with Crippen LogP contribution in [0.25, 0.3) is 0 Å². The molecular formula is C16H21ClO2. The summed E-state index contributed by atoms with van der Waals surface area (Å²) in [5.41, 5.74) is 1.46. The van der Waals surface area contributed by atoms with Crippen LogP contribution in [0.1, 0.15) is 43.7 Å². The van der Waals surface area contributed by atoms with Gasteiger partial charge in [0.25, 0.3) is 0 Å². The minimum absolute atomic E-state index is 0.542. The zero-order chi connectivity index (χ0) is 14.0. The van der Waals surface area contributed by atoms with Gasteiger partial charge in [-0.1, -0.05) is 37.1 Å². The molecular weight excluding hydrogens is 260 g/mol. The van der Waals surface area contributed by atoms with Gasteiger partial charge >= 0.3 is 5.97 Å². The van der Waals surface area contributed by atoms with E-state index in [1.807, 2.05) is 25.1 Å². The van der Waals surface area contributed by atoms with E-state index in [1.54, 1.807) is 0 Å². The Labute approximate surface area is 119 Å². The Kier molecular flexibility index (Phi) is 4.19. The van der Waals surface area contributed by atoms with Crippen molar-refractivity contribution in [3.05, 3.63) is 34.3 Å². The first kappa shape index (κ1) is 14.4. The third-order valence-corrected chi connectivity index (χ3v) is 4.83. The molecule has 2 nitrogen and oxygen atoms in total. The molecule has 0 radical (unpaired) electrons. The molecule has 0 heterocycles. The molecule has 0 bridgehead atoms. The number of carboxylic acids is 1. The number of aliphatic carboxylic acids is 1. The van der Waals surface area contributed by atoms with Gasteiger partial charge in [0.05, 0.1) is 5.41 Å². The number of aryl methyl sites for hydroxylation is 1. The van der Waals surface area contributed by atoms with Crippen molar-refractivity contribution in [1.29, 1.82) is 0 Å². The number of hydrogen-bond acceptors (Lipinski definition) is 1. The van der Waals surface area contributed by atoms with E-state index in [9.17, 15) is 9.90 Å². The SMILES string of the molecule is CCC1CCC(Cc2ccc(C)cc2Cl)(C(=O)O)C1. The highest BCUT2D eigenvalue weighted by Gasteiger charge is 2.45. The van der Waals surface area contributed by atoms with E-state index in [4.69, 9.17) is 11.6 Å². The molecule has 2 unspecified atom stereocenters. The lowest BCUT2D eigenvalue weighted by Gasteiger charge is -2.25. The zero-order valence-corrected chi connectivity index (χ0v) is 12.3.